The van der Waals surface area contributed by atoms with Crippen molar-refractivity contribution in [3.63, 3.8) is 0 Å². The highest BCUT2D eigenvalue weighted by Gasteiger charge is 2.09. The second-order valence-electron chi connectivity index (χ2n) is 4.75. The second-order valence-corrected chi connectivity index (χ2v) is 6.61. The lowest BCUT2D eigenvalue weighted by Crippen LogP contribution is -2.27. The number of rotatable bonds is 6. The van der Waals surface area contributed by atoms with E-state index in [1.54, 1.807) is 17.4 Å². The van der Waals surface area contributed by atoms with E-state index >= 15 is 0 Å². The maximum atomic E-state index is 11.6. The quantitative estimate of drug-likeness (QED) is 0.383. The summed E-state index contributed by atoms with van der Waals surface area (Å²) >= 11 is 3.10. The van der Waals surface area contributed by atoms with Gasteiger partial charge in [-0.25, -0.2) is 4.98 Å². The van der Waals surface area contributed by atoms with Crippen molar-refractivity contribution < 1.29 is 9.47 Å². The average Bonchev–Trinajstić information content (AvgIpc) is 3.04. The van der Waals surface area contributed by atoms with Gasteiger partial charge in [0.2, 0.25) is 0 Å². The van der Waals surface area contributed by atoms with Crippen molar-refractivity contribution in [3.8, 4) is 16.3 Å². The molecule has 0 N–H and O–H groups in total. The van der Waals surface area contributed by atoms with Gasteiger partial charge in [0.05, 0.1) is 12.3 Å². The minimum Gasteiger partial charge on any atom is -0.618 e. The van der Waals surface area contributed by atoms with Crippen LogP contribution in [0.4, 0.5) is 0 Å². The van der Waals surface area contributed by atoms with Gasteiger partial charge in [0.15, 0.2) is 6.20 Å². The minimum absolute atomic E-state index is 0.664. The molecule has 2 aromatic heterocycles. The molecule has 3 rings (SSSR count). The van der Waals surface area contributed by atoms with E-state index in [2.05, 4.69) is 4.98 Å². The lowest BCUT2D eigenvalue weighted by molar-refractivity contribution is -0.645. The first-order valence-electron chi connectivity index (χ1n) is 7.25. The van der Waals surface area contributed by atoms with Crippen molar-refractivity contribution in [2.75, 3.05) is 6.61 Å². The number of pyridine rings is 1. The molecule has 0 spiro atoms. The maximum absolute atomic E-state index is 11.6. The number of hydrogen-bond donors (Lipinski definition) is 0. The van der Waals surface area contributed by atoms with Crippen LogP contribution < -0.4 is 9.47 Å². The Hall–Kier alpha value is -2.05. The van der Waals surface area contributed by atoms with Crippen LogP contribution in [-0.4, -0.2) is 11.6 Å². The molecule has 3 aromatic rings. The number of hydrogen-bond acceptors (Lipinski definition) is 5. The molecular weight excluding hydrogens is 328 g/mol. The molecule has 0 bridgehead atoms. The number of thiazole rings is 1. The average molecular weight is 344 g/mol. The molecular formula is C17H16N2O2S2. The topological polar surface area (TPSA) is 49.1 Å². The molecule has 4 nitrogen and oxygen atoms in total. The van der Waals surface area contributed by atoms with Crippen LogP contribution in [0.1, 0.15) is 12.6 Å². The Morgan fingerprint density at radius 3 is 2.78 bits per heavy atom. The second kappa shape index (κ2) is 7.48. The SMILES string of the molecule is CCOc1ccc(-c2nc(CSc3cccc[n+]3[O-])cs2)cc1. The summed E-state index contributed by atoms with van der Waals surface area (Å²) < 4.78 is 6.33. The lowest BCUT2D eigenvalue weighted by Gasteiger charge is -2.03. The Bertz CT molecular complexity index is 772. The molecule has 118 valence electrons. The highest BCUT2D eigenvalue weighted by molar-refractivity contribution is 7.98. The summed E-state index contributed by atoms with van der Waals surface area (Å²) in [4.78, 5) is 4.65. The highest BCUT2D eigenvalue weighted by atomic mass is 32.2. The molecule has 0 aliphatic heterocycles. The van der Waals surface area contributed by atoms with Gasteiger partial charge in [-0.2, -0.15) is 4.73 Å². The largest absolute Gasteiger partial charge is 0.618 e. The third kappa shape index (κ3) is 4.03. The molecule has 6 heteroatoms. The highest BCUT2D eigenvalue weighted by Crippen LogP contribution is 2.28. The third-order valence-electron chi connectivity index (χ3n) is 3.12. The van der Waals surface area contributed by atoms with Crippen LogP contribution in [0.15, 0.2) is 59.1 Å². The van der Waals surface area contributed by atoms with Gasteiger partial charge in [0, 0.05) is 28.8 Å². The molecule has 0 aliphatic carbocycles. The molecule has 2 heterocycles. The Balaban J connectivity index is 1.67. The predicted molar refractivity (Wildman–Crippen MR) is 93.7 cm³/mol. The smallest absolute Gasteiger partial charge is 0.251 e. The molecule has 0 saturated carbocycles. The molecule has 0 unspecified atom stereocenters. The Kier molecular flexibility index (Phi) is 5.15. The monoisotopic (exact) mass is 344 g/mol. The number of aromatic nitrogens is 2. The Morgan fingerprint density at radius 1 is 1.22 bits per heavy atom. The van der Waals surface area contributed by atoms with E-state index in [4.69, 9.17) is 4.74 Å². The number of thioether (sulfide) groups is 1. The number of benzene rings is 1. The van der Waals surface area contributed by atoms with Crippen LogP contribution in [0.2, 0.25) is 0 Å². The molecule has 1 aromatic carbocycles. The summed E-state index contributed by atoms with van der Waals surface area (Å²) in [5.41, 5.74) is 2.06. The first-order valence-corrected chi connectivity index (χ1v) is 9.11. The minimum atomic E-state index is 0.664. The third-order valence-corrected chi connectivity index (χ3v) is 5.11. The van der Waals surface area contributed by atoms with Gasteiger partial charge in [-0.3, -0.25) is 0 Å². The Labute approximate surface area is 143 Å². The van der Waals surface area contributed by atoms with Crippen molar-refractivity contribution in [2.24, 2.45) is 0 Å². The molecule has 0 saturated heterocycles. The zero-order chi connectivity index (χ0) is 16.1. The predicted octanol–water partition coefficient (Wildman–Crippen LogP) is 4.13. The number of nitrogens with zero attached hydrogens (tertiary/aromatic N) is 2. The fourth-order valence-corrected chi connectivity index (χ4v) is 3.78. The van der Waals surface area contributed by atoms with Crippen molar-refractivity contribution in [3.05, 3.63) is 64.9 Å². The van der Waals surface area contributed by atoms with Crippen LogP contribution in [-0.2, 0) is 5.75 Å². The molecule has 0 fully saturated rings. The zero-order valence-corrected chi connectivity index (χ0v) is 14.3. The van der Waals surface area contributed by atoms with Gasteiger partial charge in [0.25, 0.3) is 5.03 Å². The Morgan fingerprint density at radius 2 is 2.04 bits per heavy atom. The van der Waals surface area contributed by atoms with Crippen LogP contribution in [0.25, 0.3) is 10.6 Å². The van der Waals surface area contributed by atoms with Gasteiger partial charge in [-0.1, -0.05) is 0 Å². The summed E-state index contributed by atoms with van der Waals surface area (Å²) in [6.45, 7) is 2.63. The summed E-state index contributed by atoms with van der Waals surface area (Å²) in [6.07, 6.45) is 1.51. The van der Waals surface area contributed by atoms with E-state index in [1.807, 2.05) is 48.7 Å². The van der Waals surface area contributed by atoms with E-state index in [0.29, 0.717) is 17.4 Å². The van der Waals surface area contributed by atoms with Crippen LogP contribution in [0, 0.1) is 5.21 Å². The van der Waals surface area contributed by atoms with Crippen LogP contribution in [0.3, 0.4) is 0 Å². The van der Waals surface area contributed by atoms with Crippen molar-refractivity contribution in [1.82, 2.24) is 4.98 Å². The molecule has 0 aliphatic rings. The molecule has 23 heavy (non-hydrogen) atoms. The van der Waals surface area contributed by atoms with Gasteiger partial charge in [-0.05, 0) is 49.0 Å². The molecule has 0 radical (unpaired) electrons. The van der Waals surface area contributed by atoms with E-state index in [0.717, 1.165) is 26.7 Å². The fraction of sp³-hybridized carbons (Fsp3) is 0.176. The first kappa shape index (κ1) is 15.8. The van der Waals surface area contributed by atoms with E-state index in [-0.39, 0.29) is 0 Å². The first-order chi connectivity index (χ1) is 11.3. The van der Waals surface area contributed by atoms with Gasteiger partial charge >= 0.3 is 0 Å². The summed E-state index contributed by atoms with van der Waals surface area (Å²) in [5, 5.41) is 15.3. The van der Waals surface area contributed by atoms with Gasteiger partial charge < -0.3 is 9.94 Å². The zero-order valence-electron chi connectivity index (χ0n) is 12.6. The molecule has 0 amide bonds. The normalized spacial score (nSPS) is 10.7. The van der Waals surface area contributed by atoms with Crippen molar-refractivity contribution in [2.45, 2.75) is 17.7 Å². The van der Waals surface area contributed by atoms with E-state index in [9.17, 15) is 5.21 Å². The van der Waals surface area contributed by atoms with Crippen LogP contribution in [0.5, 0.6) is 5.75 Å². The van der Waals surface area contributed by atoms with Crippen LogP contribution >= 0.6 is 23.1 Å². The van der Waals surface area contributed by atoms with Crippen molar-refractivity contribution in [1.29, 1.82) is 0 Å². The standard InChI is InChI=1S/C17H16N2O2S2/c1-2-21-15-8-6-13(7-9-15)17-18-14(12-23-17)11-22-16-5-3-4-10-19(16)20/h3-10,12H,2,11H2,1H3. The number of ether oxygens (including phenoxy) is 1. The van der Waals surface area contributed by atoms with E-state index < -0.39 is 0 Å². The lowest BCUT2D eigenvalue weighted by atomic mass is 10.2. The van der Waals surface area contributed by atoms with Gasteiger partial charge in [0.1, 0.15) is 10.8 Å². The van der Waals surface area contributed by atoms with Gasteiger partial charge in [-0.15, -0.1) is 11.3 Å². The summed E-state index contributed by atoms with van der Waals surface area (Å²) in [6, 6.07) is 13.4. The fourth-order valence-electron chi connectivity index (χ4n) is 2.04. The van der Waals surface area contributed by atoms with Crippen molar-refractivity contribution >= 4 is 23.1 Å². The molecule has 0 atom stereocenters. The maximum Gasteiger partial charge on any atom is 0.251 e. The van der Waals surface area contributed by atoms with E-state index in [1.165, 1.54) is 18.0 Å². The summed E-state index contributed by atoms with van der Waals surface area (Å²) in [7, 11) is 0. The summed E-state index contributed by atoms with van der Waals surface area (Å²) in [5.74, 6) is 1.55.